The van der Waals surface area contributed by atoms with E-state index in [9.17, 15) is 4.79 Å². The van der Waals surface area contributed by atoms with Crippen LogP contribution in [0.2, 0.25) is 18.1 Å². The summed E-state index contributed by atoms with van der Waals surface area (Å²) in [5.41, 5.74) is 4.42. The molecule has 0 N–H and O–H groups in total. The lowest BCUT2D eigenvalue weighted by Crippen LogP contribution is -2.41. The first-order valence-corrected chi connectivity index (χ1v) is 21.9. The van der Waals surface area contributed by atoms with E-state index in [4.69, 9.17) is 23.4 Å². The number of hydrogen-bond donors (Lipinski definition) is 0. The Balaban J connectivity index is 1.73. The molecule has 51 heavy (non-hydrogen) atoms. The zero-order valence-corrected chi connectivity index (χ0v) is 34.0. The number of esters is 1. The minimum Gasteiger partial charge on any atom is -0.469 e. The van der Waals surface area contributed by atoms with E-state index in [2.05, 4.69) is 133 Å². The predicted octanol–water partition coefficient (Wildman–Crippen LogP) is 10.4. The van der Waals surface area contributed by atoms with Crippen LogP contribution in [0, 0.1) is 11.8 Å². The van der Waals surface area contributed by atoms with Crippen molar-refractivity contribution in [1.29, 1.82) is 0 Å². The molecular formula is C44H66O6Si. The number of carbonyl (C=O) groups is 1. The Kier molecular flexibility index (Phi) is 17.6. The van der Waals surface area contributed by atoms with Crippen molar-refractivity contribution in [3.8, 4) is 0 Å². The van der Waals surface area contributed by atoms with Crippen molar-refractivity contribution in [1.82, 2.24) is 0 Å². The van der Waals surface area contributed by atoms with E-state index >= 15 is 0 Å². The van der Waals surface area contributed by atoms with Crippen LogP contribution in [0.4, 0.5) is 0 Å². The third-order valence-corrected chi connectivity index (χ3v) is 15.4. The molecule has 0 bridgehead atoms. The van der Waals surface area contributed by atoms with Crippen molar-refractivity contribution in [2.24, 2.45) is 11.8 Å². The minimum atomic E-state index is -1.74. The standard InChI is InChI=1S/C44H66O6Si/c1-10-35(2)30-39(38-19-13-11-14-20-38)33-44(32-36(3)42(45)46-7,40-21-15-12-16-22-40)41-23-17-18-37(31-41)34-49-27-26-47-24-25-48-28-29-50-51(8,9)43(4,5)6/h11-23,31,35-36,39H,10,24-30,32-34H2,1-9H3. The molecule has 0 saturated heterocycles. The molecule has 7 heteroatoms. The first-order chi connectivity index (χ1) is 24.3. The fraction of sp³-hybridized carbons (Fsp3) is 0.568. The highest BCUT2D eigenvalue weighted by Gasteiger charge is 2.40. The summed E-state index contributed by atoms with van der Waals surface area (Å²) in [6.07, 6.45) is 3.70. The van der Waals surface area contributed by atoms with Gasteiger partial charge >= 0.3 is 5.97 Å². The quantitative estimate of drug-likeness (QED) is 0.0553. The summed E-state index contributed by atoms with van der Waals surface area (Å²) in [6, 6.07) is 30.4. The van der Waals surface area contributed by atoms with Crippen molar-refractivity contribution in [2.45, 2.75) is 103 Å². The molecule has 3 aromatic rings. The maximum Gasteiger partial charge on any atom is 0.308 e. The van der Waals surface area contributed by atoms with Crippen molar-refractivity contribution in [3.63, 3.8) is 0 Å². The molecule has 282 valence electrons. The second-order valence-electron chi connectivity index (χ2n) is 15.7. The van der Waals surface area contributed by atoms with Crippen LogP contribution in [-0.4, -0.2) is 61.0 Å². The molecule has 0 heterocycles. The van der Waals surface area contributed by atoms with E-state index in [1.54, 1.807) is 0 Å². The van der Waals surface area contributed by atoms with Gasteiger partial charge in [-0.15, -0.1) is 0 Å². The van der Waals surface area contributed by atoms with Gasteiger partial charge in [0.15, 0.2) is 8.32 Å². The highest BCUT2D eigenvalue weighted by Crippen LogP contribution is 2.47. The van der Waals surface area contributed by atoms with Crippen LogP contribution in [0.3, 0.4) is 0 Å². The first-order valence-electron chi connectivity index (χ1n) is 19.0. The van der Waals surface area contributed by atoms with Crippen molar-refractivity contribution >= 4 is 14.3 Å². The normalized spacial score (nSPS) is 15.2. The maximum atomic E-state index is 13.0. The molecule has 3 rings (SSSR count). The van der Waals surface area contributed by atoms with Gasteiger partial charge in [0.05, 0.1) is 59.3 Å². The predicted molar refractivity (Wildman–Crippen MR) is 212 cm³/mol. The van der Waals surface area contributed by atoms with Crippen molar-refractivity contribution in [3.05, 3.63) is 107 Å². The van der Waals surface area contributed by atoms with E-state index in [0.29, 0.717) is 64.5 Å². The van der Waals surface area contributed by atoms with Gasteiger partial charge in [0, 0.05) is 5.41 Å². The summed E-state index contributed by atoms with van der Waals surface area (Å²) < 4.78 is 29.1. The second kappa shape index (κ2) is 21.0. The Morgan fingerprint density at radius 1 is 0.725 bits per heavy atom. The molecule has 0 fully saturated rings. The molecule has 4 atom stereocenters. The van der Waals surface area contributed by atoms with Gasteiger partial charge in [-0.2, -0.15) is 0 Å². The third-order valence-electron chi connectivity index (χ3n) is 10.8. The maximum absolute atomic E-state index is 13.0. The molecule has 0 radical (unpaired) electrons. The van der Waals surface area contributed by atoms with Gasteiger partial charge in [-0.1, -0.05) is 133 Å². The van der Waals surface area contributed by atoms with Gasteiger partial charge < -0.3 is 23.4 Å². The molecular weight excluding hydrogens is 653 g/mol. The van der Waals surface area contributed by atoms with E-state index in [-0.39, 0.29) is 16.9 Å². The molecule has 0 amide bonds. The lowest BCUT2D eigenvalue weighted by atomic mass is 9.63. The summed E-state index contributed by atoms with van der Waals surface area (Å²) in [5.74, 6) is 0.396. The van der Waals surface area contributed by atoms with Crippen LogP contribution >= 0.6 is 0 Å². The summed E-state index contributed by atoms with van der Waals surface area (Å²) in [5, 5.41) is 0.198. The monoisotopic (exact) mass is 718 g/mol. The molecule has 6 nitrogen and oxygen atoms in total. The zero-order chi connectivity index (χ0) is 37.3. The van der Waals surface area contributed by atoms with Crippen molar-refractivity contribution < 1.29 is 28.2 Å². The fourth-order valence-corrected chi connectivity index (χ4v) is 7.61. The smallest absolute Gasteiger partial charge is 0.308 e. The van der Waals surface area contributed by atoms with Crippen LogP contribution in [0.25, 0.3) is 0 Å². The van der Waals surface area contributed by atoms with Gasteiger partial charge in [0.25, 0.3) is 0 Å². The molecule has 0 spiro atoms. The van der Waals surface area contributed by atoms with E-state index in [1.165, 1.54) is 23.8 Å². The number of hydrogen-bond acceptors (Lipinski definition) is 6. The molecule has 0 aliphatic rings. The second-order valence-corrected chi connectivity index (χ2v) is 20.5. The van der Waals surface area contributed by atoms with Crippen LogP contribution in [0.5, 0.6) is 0 Å². The SMILES string of the molecule is CCC(C)CC(CC(CC(C)C(=O)OC)(c1ccccc1)c1cccc(COCCOCCOCCO[Si](C)(C)C(C)(C)C)c1)c1ccccc1. The van der Waals surface area contributed by atoms with Gasteiger partial charge in [-0.3, -0.25) is 4.79 Å². The van der Waals surface area contributed by atoms with E-state index < -0.39 is 13.7 Å². The number of rotatable bonds is 23. The molecule has 3 aromatic carbocycles. The van der Waals surface area contributed by atoms with Crippen LogP contribution in [0.1, 0.15) is 95.4 Å². The molecule has 0 aliphatic heterocycles. The number of ether oxygens (including phenoxy) is 4. The topological polar surface area (TPSA) is 63.2 Å². The van der Waals surface area contributed by atoms with Gasteiger partial charge in [0.2, 0.25) is 0 Å². The average Bonchev–Trinajstić information content (AvgIpc) is 3.13. The Labute approximate surface area is 310 Å². The number of carbonyl (C=O) groups excluding carboxylic acids is 1. The first kappa shape index (κ1) is 42.6. The van der Waals surface area contributed by atoms with Crippen molar-refractivity contribution in [2.75, 3.05) is 46.8 Å². The lowest BCUT2D eigenvalue weighted by Gasteiger charge is -2.40. The number of benzene rings is 3. The highest BCUT2D eigenvalue weighted by atomic mass is 28.4. The number of methoxy groups -OCH3 is 1. The summed E-state index contributed by atoms with van der Waals surface area (Å²) in [6.45, 7) is 21.6. The highest BCUT2D eigenvalue weighted by molar-refractivity contribution is 6.74. The Morgan fingerprint density at radius 3 is 1.88 bits per heavy atom. The van der Waals surface area contributed by atoms with Gasteiger partial charge in [-0.25, -0.2) is 0 Å². The Hall–Kier alpha value is -2.81. The van der Waals surface area contributed by atoms with Crippen LogP contribution in [0.15, 0.2) is 84.9 Å². The summed E-state index contributed by atoms with van der Waals surface area (Å²) in [4.78, 5) is 13.0. The minimum absolute atomic E-state index is 0.183. The lowest BCUT2D eigenvalue weighted by molar-refractivity contribution is -0.145. The molecule has 0 saturated carbocycles. The van der Waals surface area contributed by atoms with Gasteiger partial charge in [-0.05, 0) is 71.5 Å². The molecule has 4 unspecified atom stereocenters. The molecule has 0 aromatic heterocycles. The molecule has 0 aliphatic carbocycles. The van der Waals surface area contributed by atoms with E-state index in [1.807, 2.05) is 6.92 Å². The average molecular weight is 719 g/mol. The Bertz CT molecular complexity index is 1410. The van der Waals surface area contributed by atoms with Crippen LogP contribution in [-0.2, 0) is 40.2 Å². The largest absolute Gasteiger partial charge is 0.469 e. The summed E-state index contributed by atoms with van der Waals surface area (Å²) >= 11 is 0. The summed E-state index contributed by atoms with van der Waals surface area (Å²) in [7, 11) is -0.259. The third kappa shape index (κ3) is 13.3. The van der Waals surface area contributed by atoms with Gasteiger partial charge in [0.1, 0.15) is 0 Å². The van der Waals surface area contributed by atoms with Crippen LogP contribution < -0.4 is 0 Å². The van der Waals surface area contributed by atoms with E-state index in [0.717, 1.165) is 24.8 Å². The zero-order valence-electron chi connectivity index (χ0n) is 33.0. The Morgan fingerprint density at radius 2 is 1.29 bits per heavy atom. The fourth-order valence-electron chi connectivity index (χ4n) is 6.58.